The highest BCUT2D eigenvalue weighted by molar-refractivity contribution is 5.97. The van der Waals surface area contributed by atoms with Crippen molar-refractivity contribution in [3.8, 4) is 45.4 Å². The minimum atomic E-state index is 0.0620. The van der Waals surface area contributed by atoms with Crippen molar-refractivity contribution >= 4 is 33.7 Å². The average molecular weight is 544 g/mol. The SMILES string of the molecule is O=C(Nc1cncc(-c2ccc3[nH]nc(-c4nc5c(-c6ccc7c(c6)OCO7)cccc5[nH]4)c3n2)c1)C1CCCC1. The summed E-state index contributed by atoms with van der Waals surface area (Å²) in [6.07, 6.45) is 7.53. The molecule has 0 unspecified atom stereocenters. The molecule has 6 aromatic rings. The molecule has 202 valence electrons. The van der Waals surface area contributed by atoms with Gasteiger partial charge < -0.3 is 19.8 Å². The Morgan fingerprint density at radius 1 is 0.878 bits per heavy atom. The smallest absolute Gasteiger partial charge is 0.231 e. The number of nitrogens with one attached hydrogen (secondary N) is 3. The molecule has 1 aliphatic carbocycles. The Morgan fingerprint density at radius 2 is 1.78 bits per heavy atom. The van der Waals surface area contributed by atoms with Gasteiger partial charge in [0.1, 0.15) is 5.52 Å². The quantitative estimate of drug-likeness (QED) is 0.240. The van der Waals surface area contributed by atoms with Gasteiger partial charge in [-0.3, -0.25) is 14.9 Å². The fourth-order valence-corrected chi connectivity index (χ4v) is 5.75. The standard InChI is InChI=1S/C31H25N7O3/c39-31(17-4-1-2-5-17)33-20-12-19(14-32-15-20)22-9-10-24-28(34-22)29(38-37-24)30-35-23-7-3-6-21(27(23)36-30)18-8-11-25-26(13-18)41-16-40-25/h3,6-15,17H,1-2,4-5,16H2,(H,33,39)(H,35,36)(H,37,38). The fraction of sp³-hybridized carbons (Fsp3) is 0.194. The largest absolute Gasteiger partial charge is 0.454 e. The molecular weight excluding hydrogens is 518 g/mol. The van der Waals surface area contributed by atoms with Gasteiger partial charge in [-0.2, -0.15) is 5.10 Å². The third-order valence-corrected chi connectivity index (χ3v) is 7.86. The van der Waals surface area contributed by atoms with Crippen molar-refractivity contribution in [1.82, 2.24) is 30.1 Å². The van der Waals surface area contributed by atoms with Crippen molar-refractivity contribution < 1.29 is 14.3 Å². The molecule has 10 nitrogen and oxygen atoms in total. The highest BCUT2D eigenvalue weighted by Gasteiger charge is 2.23. The summed E-state index contributed by atoms with van der Waals surface area (Å²) in [5.41, 5.74) is 7.96. The molecule has 3 N–H and O–H groups in total. The molecule has 0 spiro atoms. The van der Waals surface area contributed by atoms with E-state index in [-0.39, 0.29) is 18.6 Å². The van der Waals surface area contributed by atoms with E-state index in [0.29, 0.717) is 22.7 Å². The summed E-state index contributed by atoms with van der Waals surface area (Å²) < 4.78 is 11.1. The number of aromatic nitrogens is 6. The number of para-hydroxylation sites is 1. The van der Waals surface area contributed by atoms with Crippen LogP contribution in [0.4, 0.5) is 5.69 Å². The molecule has 10 heteroatoms. The number of hydrogen-bond donors (Lipinski definition) is 3. The molecule has 1 saturated carbocycles. The third kappa shape index (κ3) is 4.15. The van der Waals surface area contributed by atoms with Crippen molar-refractivity contribution in [3.05, 3.63) is 67.0 Å². The van der Waals surface area contributed by atoms with E-state index in [1.807, 2.05) is 54.6 Å². The first-order valence-electron chi connectivity index (χ1n) is 13.7. The van der Waals surface area contributed by atoms with Gasteiger partial charge in [-0.25, -0.2) is 9.97 Å². The number of nitrogens with zero attached hydrogens (tertiary/aromatic N) is 4. The van der Waals surface area contributed by atoms with Gasteiger partial charge in [-0.1, -0.05) is 31.0 Å². The number of H-pyrrole nitrogens is 2. The van der Waals surface area contributed by atoms with Gasteiger partial charge >= 0.3 is 0 Å². The maximum atomic E-state index is 12.7. The summed E-state index contributed by atoms with van der Waals surface area (Å²) in [6, 6.07) is 17.7. The third-order valence-electron chi connectivity index (χ3n) is 7.86. The number of fused-ring (bicyclic) bond motifs is 3. The second-order valence-electron chi connectivity index (χ2n) is 10.5. The molecule has 0 bridgehead atoms. The molecule has 0 radical (unpaired) electrons. The summed E-state index contributed by atoms with van der Waals surface area (Å²) in [6.45, 7) is 0.228. The molecule has 1 aliphatic heterocycles. The van der Waals surface area contributed by atoms with Crippen LogP contribution in [0.2, 0.25) is 0 Å². The van der Waals surface area contributed by atoms with Crippen LogP contribution in [0, 0.1) is 5.92 Å². The van der Waals surface area contributed by atoms with Crippen LogP contribution in [0.3, 0.4) is 0 Å². The Bertz CT molecular complexity index is 1950. The van der Waals surface area contributed by atoms with Crippen molar-refractivity contribution in [2.45, 2.75) is 25.7 Å². The first kappa shape index (κ1) is 23.6. The summed E-state index contributed by atoms with van der Waals surface area (Å²) in [4.78, 5) is 30.3. The number of carbonyl (C=O) groups is 1. The van der Waals surface area contributed by atoms with E-state index in [1.165, 1.54) is 0 Å². The molecule has 5 heterocycles. The number of aromatic amines is 2. The van der Waals surface area contributed by atoms with Crippen LogP contribution in [-0.2, 0) is 4.79 Å². The van der Waals surface area contributed by atoms with Crippen LogP contribution in [0.15, 0.2) is 67.0 Å². The molecule has 41 heavy (non-hydrogen) atoms. The van der Waals surface area contributed by atoms with Crippen LogP contribution in [-0.4, -0.2) is 42.8 Å². The predicted octanol–water partition coefficient (Wildman–Crippen LogP) is 6.09. The Balaban J connectivity index is 1.15. The lowest BCUT2D eigenvalue weighted by Gasteiger charge is -2.11. The van der Waals surface area contributed by atoms with Crippen LogP contribution < -0.4 is 14.8 Å². The fourth-order valence-electron chi connectivity index (χ4n) is 5.75. The zero-order chi connectivity index (χ0) is 27.3. The molecule has 0 saturated heterocycles. The first-order valence-corrected chi connectivity index (χ1v) is 13.7. The molecule has 4 aromatic heterocycles. The van der Waals surface area contributed by atoms with E-state index in [1.54, 1.807) is 12.4 Å². The van der Waals surface area contributed by atoms with Crippen molar-refractivity contribution in [2.75, 3.05) is 12.1 Å². The second kappa shape index (κ2) is 9.44. The highest BCUT2D eigenvalue weighted by Crippen LogP contribution is 2.38. The number of anilines is 1. The number of benzene rings is 2. The zero-order valence-electron chi connectivity index (χ0n) is 22.0. The van der Waals surface area contributed by atoms with E-state index < -0.39 is 0 Å². The van der Waals surface area contributed by atoms with Gasteiger partial charge in [-0.05, 0) is 54.8 Å². The minimum Gasteiger partial charge on any atom is -0.454 e. The number of hydrogen-bond acceptors (Lipinski definition) is 7. The zero-order valence-corrected chi connectivity index (χ0v) is 22.0. The summed E-state index contributed by atoms with van der Waals surface area (Å²) in [5.74, 6) is 2.22. The van der Waals surface area contributed by atoms with Gasteiger partial charge in [0.15, 0.2) is 23.0 Å². The number of rotatable bonds is 5. The van der Waals surface area contributed by atoms with Gasteiger partial charge in [0.05, 0.1) is 34.1 Å². The average Bonchev–Trinajstić information content (AvgIpc) is 3.82. The summed E-state index contributed by atoms with van der Waals surface area (Å²) in [5, 5.41) is 10.7. The van der Waals surface area contributed by atoms with Crippen LogP contribution in [0.1, 0.15) is 25.7 Å². The van der Waals surface area contributed by atoms with Crippen molar-refractivity contribution in [1.29, 1.82) is 0 Å². The summed E-state index contributed by atoms with van der Waals surface area (Å²) >= 11 is 0. The Labute approximate surface area is 234 Å². The Kier molecular flexibility index (Phi) is 5.44. The number of pyridine rings is 2. The van der Waals surface area contributed by atoms with Crippen LogP contribution >= 0.6 is 0 Å². The lowest BCUT2D eigenvalue weighted by molar-refractivity contribution is -0.119. The van der Waals surface area contributed by atoms with E-state index in [9.17, 15) is 4.79 Å². The number of ether oxygens (including phenoxy) is 2. The van der Waals surface area contributed by atoms with Gasteiger partial charge in [0.25, 0.3) is 0 Å². The minimum absolute atomic E-state index is 0.0620. The maximum Gasteiger partial charge on any atom is 0.231 e. The van der Waals surface area contributed by atoms with E-state index >= 15 is 0 Å². The van der Waals surface area contributed by atoms with Gasteiger partial charge in [0.2, 0.25) is 12.7 Å². The lowest BCUT2D eigenvalue weighted by atomic mass is 10.0. The van der Waals surface area contributed by atoms with Crippen LogP contribution in [0.25, 0.3) is 56.0 Å². The van der Waals surface area contributed by atoms with Crippen molar-refractivity contribution in [2.24, 2.45) is 5.92 Å². The van der Waals surface area contributed by atoms with Crippen LogP contribution in [0.5, 0.6) is 11.5 Å². The predicted molar refractivity (Wildman–Crippen MR) is 154 cm³/mol. The summed E-state index contributed by atoms with van der Waals surface area (Å²) in [7, 11) is 0. The maximum absolute atomic E-state index is 12.7. The van der Waals surface area contributed by atoms with E-state index in [4.69, 9.17) is 19.4 Å². The molecule has 1 amide bonds. The molecule has 2 aromatic carbocycles. The van der Waals surface area contributed by atoms with Crippen molar-refractivity contribution in [3.63, 3.8) is 0 Å². The van der Waals surface area contributed by atoms with E-state index in [0.717, 1.165) is 76.1 Å². The second-order valence-corrected chi connectivity index (χ2v) is 10.5. The molecule has 8 rings (SSSR count). The highest BCUT2D eigenvalue weighted by atomic mass is 16.7. The van der Waals surface area contributed by atoms with Gasteiger partial charge in [0, 0.05) is 23.2 Å². The van der Waals surface area contributed by atoms with Gasteiger partial charge in [-0.15, -0.1) is 0 Å². The number of carbonyl (C=O) groups excluding carboxylic acids is 1. The Morgan fingerprint density at radius 3 is 2.71 bits per heavy atom. The topological polar surface area (TPSA) is 131 Å². The molecule has 0 atom stereocenters. The normalized spacial score (nSPS) is 14.7. The molecule has 2 aliphatic rings. The molecule has 1 fully saturated rings. The molecular formula is C31H25N7O3. The number of imidazole rings is 1. The monoisotopic (exact) mass is 543 g/mol. The van der Waals surface area contributed by atoms with E-state index in [2.05, 4.69) is 25.5 Å². The lowest BCUT2D eigenvalue weighted by Crippen LogP contribution is -2.20. The Hall–Kier alpha value is -5.25. The first-order chi connectivity index (χ1) is 20.2. The number of amides is 1.